The van der Waals surface area contributed by atoms with Gasteiger partial charge in [-0.05, 0) is 24.6 Å². The molecule has 0 bridgehead atoms. The summed E-state index contributed by atoms with van der Waals surface area (Å²) in [6, 6.07) is 7.46. The van der Waals surface area contributed by atoms with Gasteiger partial charge in [0.15, 0.2) is 5.84 Å². The number of hydrogen-bond donors (Lipinski definition) is 2. The largest absolute Gasteiger partial charge is 0.497 e. The molecule has 0 spiro atoms. The molecule has 1 amide bonds. The third kappa shape index (κ3) is 3.87. The van der Waals surface area contributed by atoms with Gasteiger partial charge in [0.1, 0.15) is 5.75 Å². The molecule has 0 aliphatic heterocycles. The normalized spacial score (nSPS) is 12.9. The van der Waals surface area contributed by atoms with Crippen molar-refractivity contribution in [2.24, 2.45) is 16.8 Å². The first kappa shape index (κ1) is 14.8. The van der Waals surface area contributed by atoms with E-state index in [9.17, 15) is 4.79 Å². The minimum absolute atomic E-state index is 0.0949. The quantitative estimate of drug-likeness (QED) is 0.360. The van der Waals surface area contributed by atoms with Crippen LogP contribution in [0.1, 0.15) is 12.5 Å². The minimum Gasteiger partial charge on any atom is -0.497 e. The lowest BCUT2D eigenvalue weighted by molar-refractivity contribution is -0.132. The van der Waals surface area contributed by atoms with E-state index in [4.69, 9.17) is 15.7 Å². The number of amidine groups is 1. The number of ether oxygens (including phenoxy) is 1. The van der Waals surface area contributed by atoms with Gasteiger partial charge in [-0.2, -0.15) is 0 Å². The summed E-state index contributed by atoms with van der Waals surface area (Å²) < 4.78 is 5.12. The molecule has 0 saturated heterocycles. The van der Waals surface area contributed by atoms with E-state index in [1.165, 1.54) is 4.90 Å². The van der Waals surface area contributed by atoms with Crippen molar-refractivity contribution < 1.29 is 14.7 Å². The Kier molecular flexibility index (Phi) is 5.17. The Morgan fingerprint density at radius 2 is 2.26 bits per heavy atom. The molecule has 1 atom stereocenters. The van der Waals surface area contributed by atoms with Crippen LogP contribution in [-0.4, -0.2) is 36.0 Å². The topological polar surface area (TPSA) is 88.2 Å². The molecule has 0 aliphatic carbocycles. The Bertz CT molecular complexity index is 474. The van der Waals surface area contributed by atoms with Gasteiger partial charge in [-0.15, -0.1) is 0 Å². The van der Waals surface area contributed by atoms with Gasteiger partial charge < -0.3 is 20.6 Å². The van der Waals surface area contributed by atoms with E-state index >= 15 is 0 Å². The first-order valence-electron chi connectivity index (χ1n) is 5.85. The monoisotopic (exact) mass is 265 g/mol. The molecule has 1 rings (SSSR count). The number of oxime groups is 1. The number of carbonyl (C=O) groups excluding carboxylic acids is 1. The van der Waals surface area contributed by atoms with E-state index in [1.807, 2.05) is 24.3 Å². The van der Waals surface area contributed by atoms with Gasteiger partial charge in [0.05, 0.1) is 13.0 Å². The molecule has 0 heterocycles. The maximum Gasteiger partial charge on any atom is 0.233 e. The van der Waals surface area contributed by atoms with Crippen LogP contribution in [0.5, 0.6) is 5.75 Å². The lowest BCUT2D eigenvalue weighted by Crippen LogP contribution is -2.38. The second-order valence-electron chi connectivity index (χ2n) is 4.29. The highest BCUT2D eigenvalue weighted by Gasteiger charge is 2.21. The maximum atomic E-state index is 12.0. The zero-order chi connectivity index (χ0) is 14.4. The second-order valence-corrected chi connectivity index (χ2v) is 4.29. The smallest absolute Gasteiger partial charge is 0.233 e. The molecule has 104 valence electrons. The molecular formula is C13H19N3O3. The van der Waals surface area contributed by atoms with Crippen molar-refractivity contribution in [3.63, 3.8) is 0 Å². The first-order chi connectivity index (χ1) is 8.99. The van der Waals surface area contributed by atoms with Gasteiger partial charge in [0, 0.05) is 13.6 Å². The molecule has 0 saturated carbocycles. The third-order valence-electron chi connectivity index (χ3n) is 2.86. The average molecular weight is 265 g/mol. The van der Waals surface area contributed by atoms with Crippen molar-refractivity contribution in [3.8, 4) is 5.75 Å². The van der Waals surface area contributed by atoms with E-state index in [0.29, 0.717) is 6.54 Å². The van der Waals surface area contributed by atoms with Crippen LogP contribution in [0.2, 0.25) is 0 Å². The molecule has 0 fully saturated rings. The number of nitrogens with zero attached hydrogens (tertiary/aromatic N) is 2. The van der Waals surface area contributed by atoms with E-state index in [0.717, 1.165) is 11.3 Å². The average Bonchev–Trinajstić information content (AvgIpc) is 2.44. The van der Waals surface area contributed by atoms with Crippen LogP contribution in [-0.2, 0) is 11.3 Å². The highest BCUT2D eigenvalue weighted by Crippen LogP contribution is 2.14. The zero-order valence-electron chi connectivity index (χ0n) is 11.3. The molecule has 6 heteroatoms. The van der Waals surface area contributed by atoms with Gasteiger partial charge in [0.2, 0.25) is 5.91 Å². The van der Waals surface area contributed by atoms with Crippen molar-refractivity contribution in [2.75, 3.05) is 14.2 Å². The zero-order valence-corrected chi connectivity index (χ0v) is 11.3. The van der Waals surface area contributed by atoms with Crippen LogP contribution in [0.25, 0.3) is 0 Å². The fraction of sp³-hybridized carbons (Fsp3) is 0.385. The molecule has 3 N–H and O–H groups in total. The third-order valence-corrected chi connectivity index (χ3v) is 2.86. The summed E-state index contributed by atoms with van der Waals surface area (Å²) in [7, 11) is 3.26. The number of amides is 1. The van der Waals surface area contributed by atoms with Gasteiger partial charge in [-0.3, -0.25) is 4.79 Å². The van der Waals surface area contributed by atoms with Crippen LogP contribution >= 0.6 is 0 Å². The number of methoxy groups -OCH3 is 1. The van der Waals surface area contributed by atoms with Crippen molar-refractivity contribution >= 4 is 11.7 Å². The van der Waals surface area contributed by atoms with Crippen LogP contribution in [0.4, 0.5) is 0 Å². The van der Waals surface area contributed by atoms with Crippen molar-refractivity contribution in [1.29, 1.82) is 0 Å². The Balaban J connectivity index is 2.73. The predicted molar refractivity (Wildman–Crippen MR) is 72.0 cm³/mol. The number of nitrogens with two attached hydrogens (primary N) is 1. The minimum atomic E-state index is -0.652. The molecule has 1 unspecified atom stereocenters. The summed E-state index contributed by atoms with van der Waals surface area (Å²) in [4.78, 5) is 13.6. The lowest BCUT2D eigenvalue weighted by Gasteiger charge is -2.21. The van der Waals surface area contributed by atoms with Gasteiger partial charge >= 0.3 is 0 Å². The highest BCUT2D eigenvalue weighted by molar-refractivity contribution is 6.01. The molecule has 0 radical (unpaired) electrons. The summed E-state index contributed by atoms with van der Waals surface area (Å²) in [5, 5.41) is 11.4. The van der Waals surface area contributed by atoms with Crippen molar-refractivity contribution in [2.45, 2.75) is 13.5 Å². The number of rotatable bonds is 5. The molecule has 0 aliphatic rings. The van der Waals surface area contributed by atoms with Crippen molar-refractivity contribution in [1.82, 2.24) is 4.90 Å². The summed E-state index contributed by atoms with van der Waals surface area (Å²) in [5.74, 6) is -0.218. The summed E-state index contributed by atoms with van der Waals surface area (Å²) in [5.41, 5.74) is 6.37. The Hall–Kier alpha value is -2.24. The second kappa shape index (κ2) is 6.63. The summed E-state index contributed by atoms with van der Waals surface area (Å²) >= 11 is 0. The first-order valence-corrected chi connectivity index (χ1v) is 5.85. The van der Waals surface area contributed by atoms with E-state index < -0.39 is 5.92 Å². The number of carbonyl (C=O) groups is 1. The molecule has 1 aromatic rings. The van der Waals surface area contributed by atoms with E-state index in [1.54, 1.807) is 21.1 Å². The molecule has 1 aromatic carbocycles. The van der Waals surface area contributed by atoms with E-state index in [-0.39, 0.29) is 11.7 Å². The molecule has 6 nitrogen and oxygen atoms in total. The molecular weight excluding hydrogens is 246 g/mol. The number of benzene rings is 1. The Morgan fingerprint density at radius 1 is 1.58 bits per heavy atom. The maximum absolute atomic E-state index is 12.0. The summed E-state index contributed by atoms with van der Waals surface area (Å²) in [6.07, 6.45) is 0. The fourth-order valence-electron chi connectivity index (χ4n) is 1.67. The Labute approximate surface area is 112 Å². The standard InChI is InChI=1S/C13H19N3O3/c1-9(12(14)15-18)13(17)16(2)8-10-5-4-6-11(7-10)19-3/h4-7,9,18H,8H2,1-3H3,(H2,14,15). The predicted octanol–water partition coefficient (Wildman–Crippen LogP) is 1.04. The molecule has 0 aromatic heterocycles. The van der Waals surface area contributed by atoms with Crippen molar-refractivity contribution in [3.05, 3.63) is 29.8 Å². The summed E-state index contributed by atoms with van der Waals surface area (Å²) in [6.45, 7) is 2.03. The van der Waals surface area contributed by atoms with Crippen LogP contribution in [0, 0.1) is 5.92 Å². The fourth-order valence-corrected chi connectivity index (χ4v) is 1.67. The highest BCUT2D eigenvalue weighted by atomic mass is 16.5. The van der Waals surface area contributed by atoms with Gasteiger partial charge in [-0.1, -0.05) is 17.3 Å². The van der Waals surface area contributed by atoms with Crippen LogP contribution in [0.15, 0.2) is 29.4 Å². The van der Waals surface area contributed by atoms with Crippen LogP contribution < -0.4 is 10.5 Å². The SMILES string of the molecule is COc1cccc(CN(C)C(=O)C(C)C(N)=NO)c1. The van der Waals surface area contributed by atoms with Crippen LogP contribution in [0.3, 0.4) is 0 Å². The molecule has 19 heavy (non-hydrogen) atoms. The van der Waals surface area contributed by atoms with E-state index in [2.05, 4.69) is 5.16 Å². The van der Waals surface area contributed by atoms with Gasteiger partial charge in [0.25, 0.3) is 0 Å². The Morgan fingerprint density at radius 3 is 2.84 bits per heavy atom. The van der Waals surface area contributed by atoms with Gasteiger partial charge in [-0.25, -0.2) is 0 Å². The lowest BCUT2D eigenvalue weighted by atomic mass is 10.1. The number of hydrogen-bond acceptors (Lipinski definition) is 4.